The van der Waals surface area contributed by atoms with Gasteiger partial charge in [0.2, 0.25) is 0 Å². The molecule has 1 heterocycles. The zero-order chi connectivity index (χ0) is 15.5. The van der Waals surface area contributed by atoms with Gasteiger partial charge in [0.05, 0.1) is 17.4 Å². The van der Waals surface area contributed by atoms with Gasteiger partial charge in [0.1, 0.15) is 0 Å². The van der Waals surface area contributed by atoms with Gasteiger partial charge in [-0.1, -0.05) is 31.9 Å². The molecule has 2 aromatic carbocycles. The van der Waals surface area contributed by atoms with Gasteiger partial charge in [0, 0.05) is 20.8 Å². The molecule has 0 atom stereocenters. The van der Waals surface area contributed by atoms with E-state index in [0.29, 0.717) is 5.56 Å². The highest BCUT2D eigenvalue weighted by Crippen LogP contribution is 2.16. The van der Waals surface area contributed by atoms with Crippen molar-refractivity contribution in [1.29, 1.82) is 0 Å². The van der Waals surface area contributed by atoms with Crippen molar-refractivity contribution in [2.24, 2.45) is 0 Å². The molecule has 0 unspecified atom stereocenters. The van der Waals surface area contributed by atoms with E-state index in [1.54, 1.807) is 17.1 Å². The molecule has 1 aromatic heterocycles. The molecule has 1 amide bonds. The number of aromatic nitrogens is 2. The summed E-state index contributed by atoms with van der Waals surface area (Å²) in [6.07, 6.45) is 3.26. The van der Waals surface area contributed by atoms with Crippen LogP contribution in [0.5, 0.6) is 0 Å². The number of anilines is 1. The van der Waals surface area contributed by atoms with Gasteiger partial charge in [0.15, 0.2) is 0 Å². The second kappa shape index (κ2) is 6.46. The first-order valence-electron chi connectivity index (χ1n) is 6.49. The number of carbonyl (C=O) groups is 1. The number of amides is 1. The van der Waals surface area contributed by atoms with E-state index in [4.69, 9.17) is 0 Å². The van der Waals surface area contributed by atoms with Crippen LogP contribution in [0.15, 0.2) is 69.9 Å². The van der Waals surface area contributed by atoms with E-state index < -0.39 is 0 Å². The summed E-state index contributed by atoms with van der Waals surface area (Å²) in [6, 6.07) is 15.1. The number of nitrogens with one attached hydrogen (secondary N) is 1. The molecule has 0 saturated carbocycles. The Morgan fingerprint density at radius 3 is 2.18 bits per heavy atom. The Hall–Kier alpha value is -1.92. The lowest BCUT2D eigenvalue weighted by atomic mass is 10.3. The molecule has 1 N–H and O–H groups in total. The fourth-order valence-corrected chi connectivity index (χ4v) is 2.44. The van der Waals surface area contributed by atoms with Gasteiger partial charge in [-0.05, 0) is 48.5 Å². The topological polar surface area (TPSA) is 46.9 Å². The van der Waals surface area contributed by atoms with E-state index in [1.807, 2.05) is 48.5 Å². The van der Waals surface area contributed by atoms with Crippen molar-refractivity contribution in [2.75, 3.05) is 5.32 Å². The maximum absolute atomic E-state index is 12.2. The monoisotopic (exact) mass is 419 g/mol. The predicted octanol–water partition coefficient (Wildman–Crippen LogP) is 4.65. The number of hydrogen-bond acceptors (Lipinski definition) is 2. The minimum Gasteiger partial charge on any atom is -0.322 e. The van der Waals surface area contributed by atoms with Crippen LogP contribution in [0.2, 0.25) is 0 Å². The summed E-state index contributed by atoms with van der Waals surface area (Å²) < 4.78 is 3.63. The van der Waals surface area contributed by atoms with Crippen LogP contribution in [0.3, 0.4) is 0 Å². The van der Waals surface area contributed by atoms with Crippen LogP contribution in [-0.4, -0.2) is 15.7 Å². The second-order valence-electron chi connectivity index (χ2n) is 4.61. The molecule has 0 saturated heterocycles. The first kappa shape index (κ1) is 15.0. The molecule has 3 rings (SSSR count). The summed E-state index contributed by atoms with van der Waals surface area (Å²) in [5.41, 5.74) is 2.14. The average Bonchev–Trinajstić information content (AvgIpc) is 3.00. The zero-order valence-electron chi connectivity index (χ0n) is 11.3. The summed E-state index contributed by atoms with van der Waals surface area (Å²) in [4.78, 5) is 12.2. The summed E-state index contributed by atoms with van der Waals surface area (Å²) >= 11 is 6.75. The fraction of sp³-hybridized carbons (Fsp3) is 0. The number of carbonyl (C=O) groups excluding carboxylic acids is 1. The highest BCUT2D eigenvalue weighted by molar-refractivity contribution is 9.10. The van der Waals surface area contributed by atoms with Crippen molar-refractivity contribution in [3.63, 3.8) is 0 Å². The summed E-state index contributed by atoms with van der Waals surface area (Å²) in [7, 11) is 0. The van der Waals surface area contributed by atoms with Crippen molar-refractivity contribution in [2.45, 2.75) is 0 Å². The fourth-order valence-electron chi connectivity index (χ4n) is 1.91. The van der Waals surface area contributed by atoms with Crippen molar-refractivity contribution in [3.8, 4) is 5.69 Å². The molecule has 0 aliphatic heterocycles. The molecule has 0 radical (unpaired) electrons. The third kappa shape index (κ3) is 3.45. The van der Waals surface area contributed by atoms with Crippen LogP contribution in [0.25, 0.3) is 5.69 Å². The molecule has 110 valence electrons. The van der Waals surface area contributed by atoms with E-state index in [0.717, 1.165) is 20.3 Å². The Balaban J connectivity index is 1.76. The highest BCUT2D eigenvalue weighted by Gasteiger charge is 2.09. The van der Waals surface area contributed by atoms with E-state index in [9.17, 15) is 4.79 Å². The van der Waals surface area contributed by atoms with Gasteiger partial charge >= 0.3 is 0 Å². The molecular weight excluding hydrogens is 410 g/mol. The van der Waals surface area contributed by atoms with Crippen molar-refractivity contribution in [3.05, 3.63) is 75.4 Å². The molecule has 0 aliphatic carbocycles. The molecular formula is C16H11Br2N3O. The summed E-state index contributed by atoms with van der Waals surface area (Å²) in [6.45, 7) is 0. The van der Waals surface area contributed by atoms with Crippen molar-refractivity contribution < 1.29 is 4.79 Å². The standard InChI is InChI=1S/C16H11Br2N3O/c17-12-1-5-14(6-2-12)20-16(22)11-9-19-21(10-11)15-7-3-13(18)4-8-15/h1-10H,(H,20,22). The molecule has 0 aliphatic rings. The van der Waals surface area contributed by atoms with Crippen LogP contribution in [0.1, 0.15) is 10.4 Å². The Morgan fingerprint density at radius 2 is 1.55 bits per heavy atom. The molecule has 4 nitrogen and oxygen atoms in total. The average molecular weight is 421 g/mol. The zero-order valence-corrected chi connectivity index (χ0v) is 14.5. The largest absolute Gasteiger partial charge is 0.322 e. The van der Waals surface area contributed by atoms with E-state index in [-0.39, 0.29) is 5.91 Å². The molecule has 22 heavy (non-hydrogen) atoms. The lowest BCUT2D eigenvalue weighted by molar-refractivity contribution is 0.102. The minimum absolute atomic E-state index is 0.189. The smallest absolute Gasteiger partial charge is 0.258 e. The first-order chi connectivity index (χ1) is 10.6. The van der Waals surface area contributed by atoms with Gasteiger partial charge in [-0.15, -0.1) is 0 Å². The SMILES string of the molecule is O=C(Nc1ccc(Br)cc1)c1cnn(-c2ccc(Br)cc2)c1. The number of benzene rings is 2. The lowest BCUT2D eigenvalue weighted by Crippen LogP contribution is -2.10. The second-order valence-corrected chi connectivity index (χ2v) is 6.44. The quantitative estimate of drug-likeness (QED) is 0.670. The van der Waals surface area contributed by atoms with Gasteiger partial charge in [-0.2, -0.15) is 5.10 Å². The third-order valence-electron chi connectivity index (χ3n) is 3.04. The summed E-state index contributed by atoms with van der Waals surface area (Å²) in [5.74, 6) is -0.189. The lowest BCUT2D eigenvalue weighted by Gasteiger charge is -2.03. The Kier molecular flexibility index (Phi) is 4.40. The van der Waals surface area contributed by atoms with Crippen LogP contribution < -0.4 is 5.32 Å². The van der Waals surface area contributed by atoms with Crippen molar-refractivity contribution >= 4 is 43.5 Å². The molecule has 3 aromatic rings. The Labute approximate surface area is 144 Å². The van der Waals surface area contributed by atoms with Crippen molar-refractivity contribution in [1.82, 2.24) is 9.78 Å². The molecule has 0 spiro atoms. The Bertz CT molecular complexity index is 795. The first-order valence-corrected chi connectivity index (χ1v) is 8.08. The van der Waals surface area contributed by atoms with Gasteiger partial charge < -0.3 is 5.32 Å². The van der Waals surface area contributed by atoms with Crippen LogP contribution in [-0.2, 0) is 0 Å². The highest BCUT2D eigenvalue weighted by atomic mass is 79.9. The van der Waals surface area contributed by atoms with E-state index in [1.165, 1.54) is 0 Å². The number of rotatable bonds is 3. The molecule has 0 bridgehead atoms. The van der Waals surface area contributed by atoms with Gasteiger partial charge in [-0.25, -0.2) is 4.68 Å². The van der Waals surface area contributed by atoms with Crippen LogP contribution in [0.4, 0.5) is 5.69 Å². The Morgan fingerprint density at radius 1 is 0.955 bits per heavy atom. The normalized spacial score (nSPS) is 10.5. The number of halogens is 2. The van der Waals surface area contributed by atoms with E-state index >= 15 is 0 Å². The number of hydrogen-bond donors (Lipinski definition) is 1. The van der Waals surface area contributed by atoms with E-state index in [2.05, 4.69) is 42.3 Å². The van der Waals surface area contributed by atoms with Gasteiger partial charge in [0.25, 0.3) is 5.91 Å². The predicted molar refractivity (Wildman–Crippen MR) is 93.4 cm³/mol. The summed E-state index contributed by atoms with van der Waals surface area (Å²) in [5, 5.41) is 7.06. The van der Waals surface area contributed by atoms with Crippen LogP contribution >= 0.6 is 31.9 Å². The number of nitrogens with zero attached hydrogens (tertiary/aromatic N) is 2. The maximum Gasteiger partial charge on any atom is 0.258 e. The van der Waals surface area contributed by atoms with Gasteiger partial charge in [-0.3, -0.25) is 4.79 Å². The third-order valence-corrected chi connectivity index (χ3v) is 4.10. The maximum atomic E-state index is 12.2. The minimum atomic E-state index is -0.189. The molecule has 0 fully saturated rings. The van der Waals surface area contributed by atoms with Crippen LogP contribution in [0, 0.1) is 0 Å². The molecule has 6 heteroatoms.